The molecule has 0 bridgehead atoms. The average molecular weight is 275 g/mol. The summed E-state index contributed by atoms with van der Waals surface area (Å²) in [7, 11) is 1.69. The van der Waals surface area contributed by atoms with Gasteiger partial charge in [-0.3, -0.25) is 14.4 Å². The zero-order valence-electron chi connectivity index (χ0n) is 11.5. The van der Waals surface area contributed by atoms with Gasteiger partial charge in [0, 0.05) is 20.0 Å². The van der Waals surface area contributed by atoms with Crippen molar-refractivity contribution in [2.24, 2.45) is 0 Å². The van der Waals surface area contributed by atoms with Crippen molar-refractivity contribution in [3.8, 4) is 0 Å². The monoisotopic (exact) mass is 275 g/mol. The molecule has 110 valence electrons. The van der Waals surface area contributed by atoms with E-state index in [1.54, 1.807) is 7.05 Å². The number of hydrogen-bond acceptors (Lipinski definition) is 4. The smallest absolute Gasteiger partial charge is 0.305 e. The zero-order valence-corrected chi connectivity index (χ0v) is 11.5. The van der Waals surface area contributed by atoms with Crippen molar-refractivity contribution >= 4 is 17.8 Å². The summed E-state index contributed by atoms with van der Waals surface area (Å²) >= 11 is 0. The molecule has 0 rings (SSSR count). The molecule has 0 aliphatic heterocycles. The third kappa shape index (κ3) is 10.0. The van der Waals surface area contributed by atoms with Crippen molar-refractivity contribution in [3.63, 3.8) is 0 Å². The van der Waals surface area contributed by atoms with Gasteiger partial charge in [0.2, 0.25) is 11.8 Å². The highest BCUT2D eigenvalue weighted by Gasteiger charge is 2.15. The number of carboxylic acid groups (broad SMARTS) is 1. The summed E-state index contributed by atoms with van der Waals surface area (Å²) in [6.07, 6.45) is 2.18. The van der Waals surface area contributed by atoms with Crippen LogP contribution in [0.5, 0.6) is 0 Å². The van der Waals surface area contributed by atoms with E-state index in [1.165, 1.54) is 6.92 Å². The van der Waals surface area contributed by atoms with E-state index in [1.807, 2.05) is 0 Å². The number of rotatable bonds is 10. The number of carbonyl (C=O) groups excluding carboxylic acids is 2. The van der Waals surface area contributed by atoms with Crippen molar-refractivity contribution in [2.45, 2.75) is 38.6 Å². The Bertz CT molecular complexity index is 307. The molecule has 0 fully saturated rings. The van der Waals surface area contributed by atoms with Crippen molar-refractivity contribution in [2.75, 3.05) is 20.1 Å². The molecule has 1 atom stereocenters. The van der Waals surface area contributed by atoms with Crippen LogP contribution in [0.1, 0.15) is 32.6 Å². The molecule has 7 nitrogen and oxygen atoms in total. The summed E-state index contributed by atoms with van der Waals surface area (Å²) in [5, 5.41) is 16.6. The van der Waals surface area contributed by atoms with Gasteiger partial charge in [0.05, 0.1) is 12.5 Å². The van der Waals surface area contributed by atoms with E-state index in [4.69, 9.17) is 5.11 Å². The van der Waals surface area contributed by atoms with E-state index in [-0.39, 0.29) is 30.8 Å². The Morgan fingerprint density at radius 1 is 1.11 bits per heavy atom. The Balaban J connectivity index is 3.76. The van der Waals surface area contributed by atoms with Crippen LogP contribution in [-0.2, 0) is 14.4 Å². The van der Waals surface area contributed by atoms with Crippen LogP contribution in [0.4, 0.5) is 0 Å². The molecule has 0 aromatic rings. The first-order valence-corrected chi connectivity index (χ1v) is 6.38. The minimum Gasteiger partial charge on any atom is -0.481 e. The lowest BCUT2D eigenvalue weighted by atomic mass is 10.1. The third-order valence-corrected chi connectivity index (χ3v) is 2.60. The number of unbranched alkanes of at least 4 members (excludes halogenated alkanes) is 1. The molecule has 2 amide bonds. The summed E-state index contributed by atoms with van der Waals surface area (Å²) in [6.45, 7) is 2.21. The van der Waals surface area contributed by atoms with Crippen molar-refractivity contribution < 1.29 is 19.5 Å². The van der Waals surface area contributed by atoms with E-state index in [0.717, 1.165) is 12.8 Å². The lowest BCUT2D eigenvalue weighted by Gasteiger charge is -2.15. The van der Waals surface area contributed by atoms with Crippen LogP contribution in [0.25, 0.3) is 0 Å². The Morgan fingerprint density at radius 3 is 2.32 bits per heavy atom. The molecule has 19 heavy (non-hydrogen) atoms. The van der Waals surface area contributed by atoms with Crippen LogP contribution in [-0.4, -0.2) is 49.1 Å². The molecule has 1 unspecified atom stereocenters. The number of hydrogen-bond donors (Lipinski definition) is 4. The van der Waals surface area contributed by atoms with Crippen LogP contribution in [0.3, 0.4) is 0 Å². The first-order valence-electron chi connectivity index (χ1n) is 6.38. The van der Waals surface area contributed by atoms with Crippen LogP contribution >= 0.6 is 0 Å². The number of amides is 2. The molecular weight excluding hydrogens is 252 g/mol. The molecule has 0 heterocycles. The van der Waals surface area contributed by atoms with Gasteiger partial charge in [0.1, 0.15) is 0 Å². The summed E-state index contributed by atoms with van der Waals surface area (Å²) in [5.41, 5.74) is 0. The fourth-order valence-electron chi connectivity index (χ4n) is 1.56. The van der Waals surface area contributed by atoms with E-state index in [2.05, 4.69) is 16.0 Å². The minimum atomic E-state index is -0.934. The maximum Gasteiger partial charge on any atom is 0.305 e. The number of likely N-dealkylation sites (N-methyl/N-ethyl adjacent to an activating group) is 1. The lowest BCUT2D eigenvalue weighted by Crippen LogP contribution is -2.43. The summed E-state index contributed by atoms with van der Waals surface area (Å²) in [5.74, 6) is -1.18. The zero-order chi connectivity index (χ0) is 14.7. The second-order valence-electron chi connectivity index (χ2n) is 4.25. The molecule has 0 radical (unpaired) electrons. The van der Waals surface area contributed by atoms with E-state index in [9.17, 15) is 14.4 Å². The highest BCUT2D eigenvalue weighted by atomic mass is 16.4. The standard InChI is InChI=1S/C12H23N3O4/c1-9(16)14-7-4-3-5-10(13-2)12(19)15-8-6-11(17)18/h10,13H,3-8H2,1-2H3,(H,14,16)(H,15,19)(H,17,18)/i2+1,9+1. The lowest BCUT2D eigenvalue weighted by molar-refractivity contribution is -0.137. The highest BCUT2D eigenvalue weighted by molar-refractivity contribution is 5.82. The quantitative estimate of drug-likeness (QED) is 0.317. The van der Waals surface area contributed by atoms with Crippen molar-refractivity contribution in [1.29, 1.82) is 0 Å². The van der Waals surface area contributed by atoms with Gasteiger partial charge in [-0.25, -0.2) is 0 Å². The van der Waals surface area contributed by atoms with Gasteiger partial charge in [0.15, 0.2) is 0 Å². The minimum absolute atomic E-state index is 0.0587. The van der Waals surface area contributed by atoms with Crippen LogP contribution in [0, 0.1) is 0 Å². The number of carboxylic acids is 1. The molecule has 0 aromatic heterocycles. The molecular formula is C12H23N3O4. The molecule has 0 saturated heterocycles. The molecule has 0 aliphatic carbocycles. The SMILES string of the molecule is C[13C](=O)NCCCCC(N[13CH3])C(=O)NCCC(=O)O. The van der Waals surface area contributed by atoms with Crippen molar-refractivity contribution in [3.05, 3.63) is 0 Å². The summed E-state index contributed by atoms with van der Waals surface area (Å²) < 4.78 is 0. The molecule has 7 heteroatoms. The van der Waals surface area contributed by atoms with Crippen LogP contribution in [0.2, 0.25) is 0 Å². The van der Waals surface area contributed by atoms with Gasteiger partial charge in [-0.05, 0) is 26.3 Å². The molecule has 0 spiro atoms. The normalized spacial score (nSPS) is 11.7. The highest BCUT2D eigenvalue weighted by Crippen LogP contribution is 2.00. The summed E-state index contributed by atoms with van der Waals surface area (Å²) in [4.78, 5) is 32.7. The second kappa shape index (κ2) is 10.3. The molecule has 0 aliphatic rings. The second-order valence-corrected chi connectivity index (χ2v) is 4.25. The van der Waals surface area contributed by atoms with Gasteiger partial charge in [-0.1, -0.05) is 0 Å². The van der Waals surface area contributed by atoms with Gasteiger partial charge in [-0.2, -0.15) is 0 Å². The molecule has 4 N–H and O–H groups in total. The predicted octanol–water partition coefficient (Wildman–Crippen LogP) is -0.528. The number of nitrogens with one attached hydrogen (secondary N) is 3. The maximum absolute atomic E-state index is 11.7. The first-order chi connectivity index (χ1) is 8.97. The van der Waals surface area contributed by atoms with Crippen LogP contribution < -0.4 is 16.0 Å². The fourth-order valence-corrected chi connectivity index (χ4v) is 1.56. The largest absolute Gasteiger partial charge is 0.481 e. The van der Waals surface area contributed by atoms with Gasteiger partial charge < -0.3 is 21.1 Å². The maximum atomic E-state index is 11.7. The van der Waals surface area contributed by atoms with E-state index < -0.39 is 5.97 Å². The number of carbonyl (C=O) groups is 3. The predicted molar refractivity (Wildman–Crippen MR) is 70.6 cm³/mol. The Labute approximate surface area is 113 Å². The first kappa shape index (κ1) is 17.4. The van der Waals surface area contributed by atoms with E-state index >= 15 is 0 Å². The van der Waals surface area contributed by atoms with Gasteiger partial charge in [-0.15, -0.1) is 0 Å². The topological polar surface area (TPSA) is 108 Å². The summed E-state index contributed by atoms with van der Waals surface area (Å²) in [6, 6.07) is -0.328. The Morgan fingerprint density at radius 2 is 1.79 bits per heavy atom. The Kier molecular flexibility index (Phi) is 9.42. The van der Waals surface area contributed by atoms with Gasteiger partial charge >= 0.3 is 5.97 Å². The van der Waals surface area contributed by atoms with Crippen LogP contribution in [0.15, 0.2) is 0 Å². The molecule has 0 aromatic carbocycles. The average Bonchev–Trinajstić information content (AvgIpc) is 2.32. The Hall–Kier alpha value is -1.63. The number of aliphatic carboxylic acids is 1. The third-order valence-electron chi connectivity index (χ3n) is 2.60. The van der Waals surface area contributed by atoms with Crippen molar-refractivity contribution in [1.82, 2.24) is 16.0 Å². The van der Waals surface area contributed by atoms with Gasteiger partial charge in [0.25, 0.3) is 0 Å². The fraction of sp³-hybridized carbons (Fsp3) is 0.750. The van der Waals surface area contributed by atoms with E-state index in [0.29, 0.717) is 13.0 Å². The molecule has 0 saturated carbocycles.